The molecule has 33 heavy (non-hydrogen) atoms. The van der Waals surface area contributed by atoms with E-state index in [1.54, 1.807) is 4.57 Å². The number of halogens is 1. The minimum atomic E-state index is -0.543. The average molecular weight is 566 g/mol. The molecule has 0 bridgehead atoms. The number of aryl methyl sites for hydroxylation is 2. The van der Waals surface area contributed by atoms with Gasteiger partial charge in [-0.05, 0) is 94.2 Å². The zero-order valence-electron chi connectivity index (χ0n) is 19.6. The van der Waals surface area contributed by atoms with Gasteiger partial charge in [-0.1, -0.05) is 0 Å². The van der Waals surface area contributed by atoms with E-state index < -0.39 is 11.7 Å². The highest BCUT2D eigenvalue weighted by atomic mass is 127. The minimum Gasteiger partial charge on any atom is -0.444 e. The Hall–Kier alpha value is -2.14. The molecule has 178 valence electrons. The summed E-state index contributed by atoms with van der Waals surface area (Å²) in [5, 5.41) is 9.21. The predicted octanol–water partition coefficient (Wildman–Crippen LogP) is 4.88. The van der Waals surface area contributed by atoms with Crippen molar-refractivity contribution in [1.82, 2.24) is 19.7 Å². The highest BCUT2D eigenvalue weighted by Gasteiger charge is 2.24. The van der Waals surface area contributed by atoms with Crippen molar-refractivity contribution in [3.63, 3.8) is 0 Å². The van der Waals surface area contributed by atoms with Crippen molar-refractivity contribution in [3.05, 3.63) is 37.8 Å². The van der Waals surface area contributed by atoms with Crippen molar-refractivity contribution in [2.75, 3.05) is 13.2 Å². The number of carbonyl (C=O) groups is 1. The van der Waals surface area contributed by atoms with Crippen molar-refractivity contribution < 1.29 is 14.3 Å². The van der Waals surface area contributed by atoms with E-state index >= 15 is 0 Å². The van der Waals surface area contributed by atoms with E-state index in [9.17, 15) is 9.59 Å². The second kappa shape index (κ2) is 9.61. The number of hydrogen-bond donors (Lipinski definition) is 1. The van der Waals surface area contributed by atoms with E-state index in [1.165, 1.54) is 0 Å². The van der Waals surface area contributed by atoms with Crippen LogP contribution in [0.2, 0.25) is 0 Å². The number of fused-ring (bicyclic) bond motifs is 3. The number of benzene rings is 1. The lowest BCUT2D eigenvalue weighted by molar-refractivity contribution is -0.0402. The summed E-state index contributed by atoms with van der Waals surface area (Å²) in [5.74, 6) is 0. The Bertz CT molecular complexity index is 1240. The predicted molar refractivity (Wildman–Crippen MR) is 137 cm³/mol. The molecule has 3 aromatic rings. The third-order valence-electron chi connectivity index (χ3n) is 5.77. The molecule has 1 N–H and O–H groups in total. The molecule has 9 heteroatoms. The highest BCUT2D eigenvalue weighted by molar-refractivity contribution is 14.1. The molecule has 0 saturated carbocycles. The van der Waals surface area contributed by atoms with E-state index in [4.69, 9.17) is 14.6 Å². The Morgan fingerprint density at radius 2 is 2.12 bits per heavy atom. The molecule has 1 saturated heterocycles. The number of pyridine rings is 1. The topological polar surface area (TPSA) is 87.4 Å². The van der Waals surface area contributed by atoms with Crippen molar-refractivity contribution in [1.29, 1.82) is 0 Å². The maximum absolute atomic E-state index is 13.6. The Morgan fingerprint density at radius 3 is 2.82 bits per heavy atom. The zero-order chi connectivity index (χ0) is 23.8. The largest absolute Gasteiger partial charge is 0.444 e. The van der Waals surface area contributed by atoms with Crippen LogP contribution in [-0.4, -0.2) is 39.2 Å². The molecule has 2 aromatic heterocycles. The van der Waals surface area contributed by atoms with Crippen LogP contribution < -0.4 is 10.9 Å². The van der Waals surface area contributed by atoms with Gasteiger partial charge >= 0.3 is 6.09 Å². The third kappa shape index (κ3) is 5.18. The van der Waals surface area contributed by atoms with Gasteiger partial charge in [-0.3, -0.25) is 4.79 Å². The quantitative estimate of drug-likeness (QED) is 0.352. The number of carbonyl (C=O) groups excluding carboxylic acids is 1. The molecule has 1 unspecified atom stereocenters. The van der Waals surface area contributed by atoms with E-state index in [2.05, 4.69) is 27.9 Å². The van der Waals surface area contributed by atoms with E-state index in [-0.39, 0.29) is 11.8 Å². The van der Waals surface area contributed by atoms with Crippen LogP contribution in [0.1, 0.15) is 58.4 Å². The van der Waals surface area contributed by atoms with Gasteiger partial charge in [0.05, 0.1) is 16.6 Å². The molecule has 8 nitrogen and oxygen atoms in total. The first-order valence-electron chi connectivity index (χ1n) is 11.4. The summed E-state index contributed by atoms with van der Waals surface area (Å²) >= 11 is 2.26. The molecule has 3 heterocycles. The standard InChI is InChI=1S/C24H31IN4O4/c1-15-20-21(27-29(15)19-8-5-6-13-32-19)17-10-9-16(25)14-18(17)28(22(20)30)12-7-11-26-23(31)33-24(2,3)4/h9-10,14,19H,5-8,11-13H2,1-4H3,(H,26,31). The molecule has 0 radical (unpaired) electrons. The number of rotatable bonds is 5. The number of hydrogen-bond acceptors (Lipinski definition) is 5. The zero-order valence-corrected chi connectivity index (χ0v) is 21.8. The molecule has 0 spiro atoms. The Balaban J connectivity index is 1.67. The van der Waals surface area contributed by atoms with Crippen LogP contribution >= 0.6 is 22.6 Å². The van der Waals surface area contributed by atoms with Gasteiger partial charge in [-0.15, -0.1) is 0 Å². The van der Waals surface area contributed by atoms with Gasteiger partial charge in [0, 0.05) is 28.7 Å². The van der Waals surface area contributed by atoms with Crippen LogP contribution in [-0.2, 0) is 16.0 Å². The normalized spacial score (nSPS) is 16.9. The second-order valence-corrected chi connectivity index (χ2v) is 10.7. The molecule has 0 aliphatic carbocycles. The fourth-order valence-corrected chi connectivity index (χ4v) is 4.77. The average Bonchev–Trinajstić information content (AvgIpc) is 3.10. The Morgan fingerprint density at radius 1 is 1.33 bits per heavy atom. The molecule has 1 aromatic carbocycles. The SMILES string of the molecule is Cc1c2c(=O)n(CCCNC(=O)OC(C)(C)C)c3cc(I)ccc3c2nn1C1CCCCO1. The fourth-order valence-electron chi connectivity index (χ4n) is 4.30. The van der Waals surface area contributed by atoms with E-state index in [0.29, 0.717) is 31.5 Å². The van der Waals surface area contributed by atoms with Crippen molar-refractivity contribution in [3.8, 4) is 0 Å². The van der Waals surface area contributed by atoms with Crippen LogP contribution in [0.25, 0.3) is 21.8 Å². The van der Waals surface area contributed by atoms with Crippen LogP contribution in [0.5, 0.6) is 0 Å². The number of ether oxygens (including phenoxy) is 2. The van der Waals surface area contributed by atoms with Gasteiger partial charge in [0.2, 0.25) is 0 Å². The lowest BCUT2D eigenvalue weighted by Gasteiger charge is -2.23. The van der Waals surface area contributed by atoms with Crippen LogP contribution in [0.4, 0.5) is 4.79 Å². The van der Waals surface area contributed by atoms with E-state index in [0.717, 1.165) is 44.9 Å². The van der Waals surface area contributed by atoms with Crippen LogP contribution in [0.15, 0.2) is 23.0 Å². The van der Waals surface area contributed by atoms with Gasteiger partial charge in [-0.2, -0.15) is 5.10 Å². The minimum absolute atomic E-state index is 0.0590. The lowest BCUT2D eigenvalue weighted by Crippen LogP contribution is -2.33. The first-order valence-corrected chi connectivity index (χ1v) is 12.5. The van der Waals surface area contributed by atoms with Crippen molar-refractivity contribution in [2.45, 2.75) is 71.8 Å². The Labute approximate surface area is 206 Å². The molecule has 4 rings (SSSR count). The molecule has 1 aliphatic rings. The summed E-state index contributed by atoms with van der Waals surface area (Å²) < 4.78 is 16.0. The lowest BCUT2D eigenvalue weighted by atomic mass is 10.1. The summed E-state index contributed by atoms with van der Waals surface area (Å²) in [6.45, 7) is 9.04. The molecular weight excluding hydrogens is 535 g/mol. The second-order valence-electron chi connectivity index (χ2n) is 9.48. The molecule has 1 aliphatic heterocycles. The number of aromatic nitrogens is 3. The first kappa shape index (κ1) is 24.0. The fraction of sp³-hybridized carbons (Fsp3) is 0.542. The van der Waals surface area contributed by atoms with Gasteiger partial charge in [-0.25, -0.2) is 9.48 Å². The van der Waals surface area contributed by atoms with Crippen LogP contribution in [0, 0.1) is 10.5 Å². The number of nitrogens with one attached hydrogen (secondary N) is 1. The van der Waals surface area contributed by atoms with Gasteiger partial charge < -0.3 is 19.4 Å². The molecule has 1 amide bonds. The van der Waals surface area contributed by atoms with Crippen molar-refractivity contribution >= 4 is 50.5 Å². The summed E-state index contributed by atoms with van der Waals surface area (Å²) in [5.41, 5.74) is 1.81. The smallest absolute Gasteiger partial charge is 0.407 e. The molecule has 1 atom stereocenters. The maximum Gasteiger partial charge on any atom is 0.407 e. The van der Waals surface area contributed by atoms with Gasteiger partial charge in [0.15, 0.2) is 0 Å². The maximum atomic E-state index is 13.6. The molecule has 1 fully saturated rings. The summed E-state index contributed by atoms with van der Waals surface area (Å²) in [4.78, 5) is 25.6. The van der Waals surface area contributed by atoms with Gasteiger partial charge in [0.25, 0.3) is 5.56 Å². The third-order valence-corrected chi connectivity index (χ3v) is 6.44. The number of alkyl carbamates (subject to hydrolysis) is 1. The summed E-state index contributed by atoms with van der Waals surface area (Å²) in [6, 6.07) is 6.09. The monoisotopic (exact) mass is 566 g/mol. The summed E-state index contributed by atoms with van der Waals surface area (Å²) in [7, 11) is 0. The van der Waals surface area contributed by atoms with Crippen LogP contribution in [0.3, 0.4) is 0 Å². The number of nitrogens with zero attached hydrogens (tertiary/aromatic N) is 3. The molecular formula is C24H31IN4O4. The highest BCUT2D eigenvalue weighted by Crippen LogP contribution is 2.30. The van der Waals surface area contributed by atoms with Crippen molar-refractivity contribution in [2.24, 2.45) is 0 Å². The number of amides is 1. The van der Waals surface area contributed by atoms with E-state index in [1.807, 2.05) is 50.6 Å². The summed E-state index contributed by atoms with van der Waals surface area (Å²) in [6.07, 6.45) is 3.07. The first-order chi connectivity index (χ1) is 15.7. The Kier molecular flexibility index (Phi) is 6.99. The van der Waals surface area contributed by atoms with Gasteiger partial charge in [0.1, 0.15) is 17.3 Å².